The van der Waals surface area contributed by atoms with Crippen LogP contribution in [0.1, 0.15) is 24.8 Å². The molecule has 1 saturated carbocycles. The van der Waals surface area contributed by atoms with Gasteiger partial charge in [0.1, 0.15) is 0 Å². The van der Waals surface area contributed by atoms with Crippen LogP contribution in [0.2, 0.25) is 0 Å². The van der Waals surface area contributed by atoms with Crippen molar-refractivity contribution < 1.29 is 4.79 Å². The fraction of sp³-hybridized carbons (Fsp3) is 0.389. The molecule has 24 heavy (non-hydrogen) atoms. The topological polar surface area (TPSA) is 64.7 Å². The van der Waals surface area contributed by atoms with Crippen LogP contribution in [-0.4, -0.2) is 25.5 Å². The first-order valence-corrected chi connectivity index (χ1v) is 8.42. The summed E-state index contributed by atoms with van der Waals surface area (Å²) in [5.74, 6) is 0.752. The van der Waals surface area contributed by atoms with E-state index >= 15 is 0 Å². The molecule has 3 aromatic rings. The first kappa shape index (κ1) is 14.9. The highest BCUT2D eigenvalue weighted by Gasteiger charge is 2.22. The van der Waals surface area contributed by atoms with Gasteiger partial charge in [-0.15, -0.1) is 0 Å². The average molecular weight is 323 g/mol. The lowest BCUT2D eigenvalue weighted by Crippen LogP contribution is -2.14. The van der Waals surface area contributed by atoms with E-state index in [9.17, 15) is 4.79 Å². The standard InChI is InChI=1S/C18H21N5O/c1-13-3-2-4-17-16(13)10-20-23(17)8-7-18(24)21-15-9-19-22(12-15)11-14-5-6-14/h2-4,9-10,12,14H,5-8,11H2,1H3,(H,21,24). The number of carbonyl (C=O) groups is 1. The SMILES string of the molecule is Cc1cccc2c1cnn2CCC(=O)Nc1cnn(CC2CC2)c1. The Balaban J connectivity index is 1.35. The number of rotatable bonds is 6. The van der Waals surface area contributed by atoms with Gasteiger partial charge in [-0.2, -0.15) is 10.2 Å². The van der Waals surface area contributed by atoms with Gasteiger partial charge in [0.05, 0.1) is 30.1 Å². The molecule has 0 radical (unpaired) electrons. The highest BCUT2D eigenvalue weighted by molar-refractivity contribution is 5.90. The zero-order valence-electron chi connectivity index (χ0n) is 13.8. The van der Waals surface area contributed by atoms with Crippen LogP contribution in [0.4, 0.5) is 5.69 Å². The second-order valence-electron chi connectivity index (χ2n) is 6.57. The molecule has 1 aliphatic carbocycles. The summed E-state index contributed by atoms with van der Waals surface area (Å²) in [5, 5.41) is 12.7. The smallest absolute Gasteiger partial charge is 0.226 e. The molecule has 1 aromatic carbocycles. The molecule has 1 aliphatic rings. The molecule has 6 nitrogen and oxygen atoms in total. The monoisotopic (exact) mass is 323 g/mol. The van der Waals surface area contributed by atoms with E-state index in [2.05, 4.69) is 28.5 Å². The lowest BCUT2D eigenvalue weighted by molar-refractivity contribution is -0.116. The number of anilines is 1. The maximum Gasteiger partial charge on any atom is 0.226 e. The van der Waals surface area contributed by atoms with Gasteiger partial charge in [-0.05, 0) is 37.3 Å². The van der Waals surface area contributed by atoms with Gasteiger partial charge >= 0.3 is 0 Å². The molecule has 0 aliphatic heterocycles. The fourth-order valence-electron chi connectivity index (χ4n) is 2.95. The lowest BCUT2D eigenvalue weighted by atomic mass is 10.1. The molecule has 4 rings (SSSR count). The Morgan fingerprint density at radius 3 is 3.00 bits per heavy atom. The largest absolute Gasteiger partial charge is 0.323 e. The van der Waals surface area contributed by atoms with E-state index in [1.807, 2.05) is 33.9 Å². The van der Waals surface area contributed by atoms with Crippen molar-refractivity contribution in [3.8, 4) is 0 Å². The van der Waals surface area contributed by atoms with Gasteiger partial charge in [0.15, 0.2) is 0 Å². The van der Waals surface area contributed by atoms with Gasteiger partial charge in [-0.25, -0.2) is 0 Å². The number of fused-ring (bicyclic) bond motifs is 1. The van der Waals surface area contributed by atoms with Gasteiger partial charge < -0.3 is 5.32 Å². The summed E-state index contributed by atoms with van der Waals surface area (Å²) in [5.41, 5.74) is 3.04. The molecule has 0 unspecified atom stereocenters. The minimum Gasteiger partial charge on any atom is -0.323 e. The number of aryl methyl sites for hydroxylation is 2. The molecule has 2 aromatic heterocycles. The maximum atomic E-state index is 12.2. The minimum absolute atomic E-state index is 0.0164. The van der Waals surface area contributed by atoms with Crippen molar-refractivity contribution in [2.45, 2.75) is 39.3 Å². The van der Waals surface area contributed by atoms with Crippen LogP contribution in [-0.2, 0) is 17.9 Å². The molecule has 1 N–H and O–H groups in total. The van der Waals surface area contributed by atoms with E-state index in [0.29, 0.717) is 13.0 Å². The van der Waals surface area contributed by atoms with E-state index in [-0.39, 0.29) is 5.91 Å². The van der Waals surface area contributed by atoms with Crippen molar-refractivity contribution in [3.05, 3.63) is 42.4 Å². The summed E-state index contributed by atoms with van der Waals surface area (Å²) in [6.45, 7) is 3.59. The van der Waals surface area contributed by atoms with Crippen molar-refractivity contribution >= 4 is 22.5 Å². The van der Waals surface area contributed by atoms with Gasteiger partial charge in [-0.1, -0.05) is 12.1 Å². The summed E-state index contributed by atoms with van der Waals surface area (Å²) in [7, 11) is 0. The molecular formula is C18H21N5O. The van der Waals surface area contributed by atoms with E-state index in [1.54, 1.807) is 6.20 Å². The average Bonchev–Trinajstić information content (AvgIpc) is 3.10. The molecule has 0 atom stereocenters. The number of nitrogens with one attached hydrogen (secondary N) is 1. The van der Waals surface area contributed by atoms with Crippen molar-refractivity contribution in [1.29, 1.82) is 0 Å². The van der Waals surface area contributed by atoms with Gasteiger partial charge in [0.2, 0.25) is 5.91 Å². The predicted molar refractivity (Wildman–Crippen MR) is 92.7 cm³/mol. The van der Waals surface area contributed by atoms with Crippen LogP contribution in [0.3, 0.4) is 0 Å². The maximum absolute atomic E-state index is 12.2. The summed E-state index contributed by atoms with van der Waals surface area (Å²) < 4.78 is 3.80. The second-order valence-corrected chi connectivity index (χ2v) is 6.57. The molecule has 0 saturated heterocycles. The Hall–Kier alpha value is -2.63. The number of carbonyl (C=O) groups excluding carboxylic acids is 1. The molecule has 0 bridgehead atoms. The number of hydrogen-bond donors (Lipinski definition) is 1. The van der Waals surface area contributed by atoms with Crippen molar-refractivity contribution in [2.75, 3.05) is 5.32 Å². The number of hydrogen-bond acceptors (Lipinski definition) is 3. The molecule has 2 heterocycles. The Morgan fingerprint density at radius 1 is 1.29 bits per heavy atom. The third-order valence-corrected chi connectivity index (χ3v) is 4.52. The van der Waals surface area contributed by atoms with Crippen molar-refractivity contribution in [1.82, 2.24) is 19.6 Å². The van der Waals surface area contributed by atoms with Crippen LogP contribution in [0.25, 0.3) is 10.9 Å². The van der Waals surface area contributed by atoms with Gasteiger partial charge in [-0.3, -0.25) is 14.2 Å². The lowest BCUT2D eigenvalue weighted by Gasteiger charge is -2.05. The number of benzene rings is 1. The quantitative estimate of drug-likeness (QED) is 0.758. The van der Waals surface area contributed by atoms with Gasteiger partial charge in [0, 0.05) is 24.5 Å². The van der Waals surface area contributed by atoms with Crippen LogP contribution < -0.4 is 5.32 Å². The first-order valence-electron chi connectivity index (χ1n) is 8.42. The number of amides is 1. The van der Waals surface area contributed by atoms with E-state index in [4.69, 9.17) is 0 Å². The normalized spacial score (nSPS) is 14.2. The Kier molecular flexibility index (Phi) is 3.80. The van der Waals surface area contributed by atoms with Crippen LogP contribution in [0, 0.1) is 12.8 Å². The van der Waals surface area contributed by atoms with Gasteiger partial charge in [0.25, 0.3) is 0 Å². The molecule has 1 amide bonds. The van der Waals surface area contributed by atoms with E-state index in [0.717, 1.165) is 29.1 Å². The van der Waals surface area contributed by atoms with Crippen LogP contribution in [0.5, 0.6) is 0 Å². The fourth-order valence-corrected chi connectivity index (χ4v) is 2.95. The third kappa shape index (κ3) is 3.18. The zero-order valence-corrected chi connectivity index (χ0v) is 13.8. The molecule has 124 valence electrons. The zero-order chi connectivity index (χ0) is 16.5. The van der Waals surface area contributed by atoms with E-state index < -0.39 is 0 Å². The molecule has 1 fully saturated rings. The summed E-state index contributed by atoms with van der Waals surface area (Å²) in [4.78, 5) is 12.2. The second kappa shape index (κ2) is 6.11. The Morgan fingerprint density at radius 2 is 2.17 bits per heavy atom. The molecule has 0 spiro atoms. The predicted octanol–water partition coefficient (Wildman–Crippen LogP) is 2.98. The summed E-state index contributed by atoms with van der Waals surface area (Å²) in [6.07, 6.45) is 8.45. The highest BCUT2D eigenvalue weighted by atomic mass is 16.1. The highest BCUT2D eigenvalue weighted by Crippen LogP contribution is 2.30. The summed E-state index contributed by atoms with van der Waals surface area (Å²) >= 11 is 0. The van der Waals surface area contributed by atoms with Crippen LogP contribution >= 0.6 is 0 Å². The first-order chi connectivity index (χ1) is 11.7. The van der Waals surface area contributed by atoms with Crippen molar-refractivity contribution in [3.63, 3.8) is 0 Å². The molecular weight excluding hydrogens is 302 g/mol. The number of nitrogens with zero attached hydrogens (tertiary/aromatic N) is 4. The third-order valence-electron chi connectivity index (χ3n) is 4.52. The van der Waals surface area contributed by atoms with E-state index in [1.165, 1.54) is 18.4 Å². The van der Waals surface area contributed by atoms with Crippen LogP contribution in [0.15, 0.2) is 36.8 Å². The Labute approximate surface area is 140 Å². The Bertz CT molecular complexity index is 875. The minimum atomic E-state index is -0.0164. The van der Waals surface area contributed by atoms with Crippen molar-refractivity contribution in [2.24, 2.45) is 5.92 Å². The summed E-state index contributed by atoms with van der Waals surface area (Å²) in [6, 6.07) is 6.12. The number of aromatic nitrogens is 4. The molecule has 6 heteroatoms.